The van der Waals surface area contributed by atoms with Crippen LogP contribution in [0.15, 0.2) is 54.6 Å². The van der Waals surface area contributed by atoms with Gasteiger partial charge in [0, 0.05) is 13.1 Å². The highest BCUT2D eigenvalue weighted by molar-refractivity contribution is 6.17. The summed E-state index contributed by atoms with van der Waals surface area (Å²) in [5, 5.41) is 2.89. The van der Waals surface area contributed by atoms with Crippen LogP contribution in [0.2, 0.25) is 0 Å². The number of hydrogen-bond donors (Lipinski definition) is 1. The summed E-state index contributed by atoms with van der Waals surface area (Å²) in [7, 11) is 1.45. The number of pyridine rings is 1. The molecule has 1 fully saturated rings. The van der Waals surface area contributed by atoms with Gasteiger partial charge in [0.15, 0.2) is 5.82 Å². The molecule has 220 valence electrons. The van der Waals surface area contributed by atoms with Gasteiger partial charge in [-0.2, -0.15) is 13.2 Å². The number of benzene rings is 2. The number of aromatic nitrogens is 1. The summed E-state index contributed by atoms with van der Waals surface area (Å²) >= 11 is 0. The molecule has 2 unspecified atom stereocenters. The molecule has 1 aliphatic carbocycles. The van der Waals surface area contributed by atoms with E-state index >= 15 is 0 Å². The molecule has 2 aliphatic heterocycles. The van der Waals surface area contributed by atoms with E-state index in [0.717, 1.165) is 17.7 Å². The molecule has 1 saturated carbocycles. The Morgan fingerprint density at radius 3 is 2.38 bits per heavy atom. The Labute approximate surface area is 239 Å². The van der Waals surface area contributed by atoms with Crippen LogP contribution in [0, 0.1) is 5.82 Å². The van der Waals surface area contributed by atoms with Gasteiger partial charge in [0.05, 0.1) is 22.9 Å². The summed E-state index contributed by atoms with van der Waals surface area (Å²) in [5.41, 5.74) is 1.48. The molecule has 8 nitrogen and oxygen atoms in total. The minimum Gasteiger partial charge on any atom is -0.349 e. The number of fused-ring (bicyclic) bond motifs is 2. The van der Waals surface area contributed by atoms with Gasteiger partial charge in [0.1, 0.15) is 24.2 Å². The van der Waals surface area contributed by atoms with E-state index in [-0.39, 0.29) is 41.9 Å². The molecule has 3 heterocycles. The molecular formula is C30H29F4N5O3. The number of rotatable bonds is 5. The topological polar surface area (TPSA) is 85.8 Å². The fourth-order valence-corrected chi connectivity index (χ4v) is 5.46. The molecule has 2 aromatic carbocycles. The predicted octanol–water partition coefficient (Wildman–Crippen LogP) is 5.23. The quantitative estimate of drug-likeness (QED) is 0.416. The van der Waals surface area contributed by atoms with Gasteiger partial charge < -0.3 is 15.1 Å². The summed E-state index contributed by atoms with van der Waals surface area (Å²) in [6.07, 6.45) is -2.93. The molecule has 0 bridgehead atoms. The van der Waals surface area contributed by atoms with Crippen molar-refractivity contribution in [3.05, 3.63) is 82.7 Å². The highest BCUT2D eigenvalue weighted by Gasteiger charge is 2.45. The van der Waals surface area contributed by atoms with E-state index in [1.807, 2.05) is 0 Å². The average molecular weight is 584 g/mol. The summed E-state index contributed by atoms with van der Waals surface area (Å²) in [6, 6.07) is 11.3. The Balaban J connectivity index is 0.00000353. The highest BCUT2D eigenvalue weighted by atomic mass is 19.4. The summed E-state index contributed by atoms with van der Waals surface area (Å²) in [6.45, 7) is -0.0525. The van der Waals surface area contributed by atoms with Crippen molar-refractivity contribution < 1.29 is 31.9 Å². The summed E-state index contributed by atoms with van der Waals surface area (Å²) in [4.78, 5) is 47.9. The molecule has 1 aromatic heterocycles. The first kappa shape index (κ1) is 29.0. The van der Waals surface area contributed by atoms with E-state index in [4.69, 9.17) is 0 Å². The summed E-state index contributed by atoms with van der Waals surface area (Å²) in [5.74, 6) is -2.08. The fraction of sp³-hybridized carbons (Fsp3) is 0.333. The fourth-order valence-electron chi connectivity index (χ4n) is 5.46. The molecule has 6 rings (SSSR count). The zero-order valence-corrected chi connectivity index (χ0v) is 22.1. The maximum Gasteiger partial charge on any atom is 0.406 e. The van der Waals surface area contributed by atoms with Gasteiger partial charge in [-0.15, -0.1) is 0 Å². The van der Waals surface area contributed by atoms with Crippen molar-refractivity contribution in [1.82, 2.24) is 10.3 Å². The van der Waals surface area contributed by atoms with Gasteiger partial charge in [0.2, 0.25) is 5.91 Å². The van der Waals surface area contributed by atoms with Gasteiger partial charge in [0.25, 0.3) is 11.8 Å². The molecule has 42 heavy (non-hydrogen) atoms. The molecule has 3 amide bonds. The van der Waals surface area contributed by atoms with Crippen LogP contribution in [0.25, 0.3) is 0 Å². The lowest BCUT2D eigenvalue weighted by atomic mass is 9.95. The van der Waals surface area contributed by atoms with Crippen molar-refractivity contribution in [2.45, 2.75) is 51.5 Å². The highest BCUT2D eigenvalue weighted by Crippen LogP contribution is 2.45. The average Bonchev–Trinajstić information content (AvgIpc) is 3.70. The number of hydrogen-bond acceptors (Lipinski definition) is 5. The zero-order chi connectivity index (χ0) is 29.2. The lowest BCUT2D eigenvalue weighted by Crippen LogP contribution is -2.53. The smallest absolute Gasteiger partial charge is 0.349 e. The van der Waals surface area contributed by atoms with E-state index in [0.29, 0.717) is 11.1 Å². The monoisotopic (exact) mass is 583 g/mol. The number of nitrogens with zero attached hydrogens (tertiary/aromatic N) is 4. The molecular weight excluding hydrogens is 554 g/mol. The first-order valence-electron chi connectivity index (χ1n) is 13.1. The maximum atomic E-state index is 14.1. The second-order valence-electron chi connectivity index (χ2n) is 10.5. The van der Waals surface area contributed by atoms with Crippen molar-refractivity contribution >= 4 is 35.0 Å². The Morgan fingerprint density at radius 2 is 1.74 bits per heavy atom. The molecule has 12 heteroatoms. The number of carbonyl (C=O) groups is 3. The lowest BCUT2D eigenvalue weighted by Gasteiger charge is -2.40. The normalized spacial score (nSPS) is 19.8. The zero-order valence-electron chi connectivity index (χ0n) is 22.1. The lowest BCUT2D eigenvalue weighted by molar-refractivity contribution is -0.126. The Bertz CT molecular complexity index is 1570. The molecule has 0 radical (unpaired) electrons. The first-order valence-corrected chi connectivity index (χ1v) is 13.1. The number of alkyl halides is 3. The van der Waals surface area contributed by atoms with Crippen LogP contribution in [0.3, 0.4) is 0 Å². The van der Waals surface area contributed by atoms with E-state index < -0.39 is 48.3 Å². The standard InChI is InChI=1S/C29H25F4N5O3.CH4/c1-15-27(40)36(2)21-12-13-22(35-25(21)37(15)14-29(31,32)33)38-24(16-6-8-17(30)9-7-16)19-4-3-5-20(23(19)28(38)41)26(39)34-18-10-11-18;/h3-9,12-13,15,18,24H,10-11,14H2,1-2H3,(H,34,39);1H4. The Hall–Kier alpha value is -4.48. The third kappa shape index (κ3) is 4.94. The third-order valence-corrected chi connectivity index (χ3v) is 7.65. The largest absolute Gasteiger partial charge is 0.406 e. The third-order valence-electron chi connectivity index (χ3n) is 7.65. The number of likely N-dealkylation sites (N-methyl/N-ethyl adjacent to an activating group) is 1. The molecule has 0 saturated heterocycles. The van der Waals surface area contributed by atoms with Gasteiger partial charge in [-0.1, -0.05) is 31.7 Å². The number of nitrogens with one attached hydrogen (secondary N) is 1. The number of anilines is 3. The molecule has 1 N–H and O–H groups in total. The van der Waals surface area contributed by atoms with Crippen LogP contribution < -0.4 is 20.0 Å². The van der Waals surface area contributed by atoms with Crippen LogP contribution in [0.1, 0.15) is 65.1 Å². The molecule has 3 aliphatic rings. The van der Waals surface area contributed by atoms with Crippen LogP contribution in [0.5, 0.6) is 0 Å². The number of halogens is 4. The van der Waals surface area contributed by atoms with E-state index in [9.17, 15) is 31.9 Å². The van der Waals surface area contributed by atoms with Crippen LogP contribution in [-0.2, 0) is 4.79 Å². The number of carbonyl (C=O) groups excluding carboxylic acids is 3. The second-order valence-corrected chi connectivity index (χ2v) is 10.5. The summed E-state index contributed by atoms with van der Waals surface area (Å²) < 4.78 is 54.6. The van der Waals surface area contributed by atoms with E-state index in [1.54, 1.807) is 18.2 Å². The van der Waals surface area contributed by atoms with Crippen molar-refractivity contribution in [1.29, 1.82) is 0 Å². The predicted molar refractivity (Wildman–Crippen MR) is 149 cm³/mol. The molecule has 3 aromatic rings. The van der Waals surface area contributed by atoms with Crippen LogP contribution in [0.4, 0.5) is 34.9 Å². The SMILES string of the molecule is C.CC1C(=O)N(C)c2ccc(N3C(=O)c4c(C(=O)NC5CC5)cccc4C3c3ccc(F)cc3)nc2N1CC(F)(F)F. The van der Waals surface area contributed by atoms with Gasteiger partial charge in [-0.05, 0) is 61.2 Å². The first-order chi connectivity index (χ1) is 19.4. The van der Waals surface area contributed by atoms with Crippen LogP contribution >= 0.6 is 0 Å². The van der Waals surface area contributed by atoms with E-state index in [1.165, 1.54) is 60.2 Å². The second kappa shape index (κ2) is 10.4. The molecule has 0 spiro atoms. The van der Waals surface area contributed by atoms with Crippen molar-refractivity contribution in [2.24, 2.45) is 0 Å². The minimum atomic E-state index is -4.63. The molecule has 2 atom stereocenters. The Kier molecular flexibility index (Phi) is 7.20. The van der Waals surface area contributed by atoms with Gasteiger partial charge in [-0.3, -0.25) is 19.3 Å². The Morgan fingerprint density at radius 1 is 1.05 bits per heavy atom. The minimum absolute atomic E-state index is 0. The van der Waals surface area contributed by atoms with Crippen LogP contribution in [-0.4, -0.2) is 54.6 Å². The van der Waals surface area contributed by atoms with E-state index in [2.05, 4.69) is 10.3 Å². The van der Waals surface area contributed by atoms with Gasteiger partial charge >= 0.3 is 6.18 Å². The maximum absolute atomic E-state index is 14.1. The van der Waals surface area contributed by atoms with Crippen molar-refractivity contribution in [3.63, 3.8) is 0 Å². The van der Waals surface area contributed by atoms with Crippen molar-refractivity contribution in [3.8, 4) is 0 Å². The van der Waals surface area contributed by atoms with Crippen molar-refractivity contribution in [2.75, 3.05) is 28.3 Å². The van der Waals surface area contributed by atoms with Gasteiger partial charge in [-0.25, -0.2) is 9.37 Å². The number of amides is 3.